The first-order chi connectivity index (χ1) is 3.39. The maximum absolute atomic E-state index is 8.59. The lowest BCUT2D eigenvalue weighted by atomic mass is 10.4. The van der Waals surface area contributed by atoms with Crippen LogP contribution in [0.1, 0.15) is 0 Å². The minimum atomic E-state index is 0. The highest BCUT2D eigenvalue weighted by molar-refractivity contribution is 5.85. The van der Waals surface area contributed by atoms with E-state index in [1.165, 1.54) is 0 Å². The van der Waals surface area contributed by atoms with E-state index in [0.29, 0.717) is 6.61 Å². The first-order valence-electron chi connectivity index (χ1n) is 2.06. The summed E-state index contributed by atoms with van der Waals surface area (Å²) >= 11 is 0. The molecule has 0 aromatic carbocycles. The Bertz CT molecular complexity index is 118. The normalized spacial score (nSPS) is 15.8. The Morgan fingerprint density at radius 3 is 2.62 bits per heavy atom. The molecule has 1 aliphatic rings. The molecule has 46 valence electrons. The van der Waals surface area contributed by atoms with Gasteiger partial charge in [-0.2, -0.15) is 0 Å². The zero-order chi connectivity index (χ0) is 5.11. The Morgan fingerprint density at radius 1 is 1.62 bits per heavy atom. The van der Waals surface area contributed by atoms with Crippen LogP contribution in [-0.2, 0) is 4.74 Å². The van der Waals surface area contributed by atoms with Gasteiger partial charge >= 0.3 is 0 Å². The average molecular weight is 135 g/mol. The summed E-state index contributed by atoms with van der Waals surface area (Å²) in [6, 6.07) is 0. The Morgan fingerprint density at radius 2 is 2.38 bits per heavy atom. The van der Waals surface area contributed by atoms with Gasteiger partial charge in [0.25, 0.3) is 0 Å². The fourth-order valence-electron chi connectivity index (χ4n) is 0.388. The maximum Gasteiger partial charge on any atom is 0.144 e. The van der Waals surface area contributed by atoms with Crippen LogP contribution < -0.4 is 0 Å². The van der Waals surface area contributed by atoms with Crippen LogP contribution in [0.25, 0.3) is 0 Å². The van der Waals surface area contributed by atoms with Gasteiger partial charge in [-0.3, -0.25) is 0 Å². The molecule has 1 N–H and O–H groups in total. The fourth-order valence-corrected chi connectivity index (χ4v) is 0.388. The van der Waals surface area contributed by atoms with Gasteiger partial charge in [0.2, 0.25) is 0 Å². The van der Waals surface area contributed by atoms with Crippen molar-refractivity contribution >= 4 is 12.4 Å². The van der Waals surface area contributed by atoms with Crippen LogP contribution in [0.3, 0.4) is 0 Å². The summed E-state index contributed by atoms with van der Waals surface area (Å²) in [4.78, 5) is 0. The predicted octanol–water partition coefficient (Wildman–Crippen LogP) is 1.39. The van der Waals surface area contributed by atoms with Crippen molar-refractivity contribution in [3.8, 4) is 0 Å². The molecule has 0 spiro atoms. The summed E-state index contributed by atoms with van der Waals surface area (Å²) in [6.45, 7) is 0.316. The molecule has 0 atom stereocenters. The van der Waals surface area contributed by atoms with Crippen molar-refractivity contribution in [1.29, 1.82) is 0 Å². The van der Waals surface area contributed by atoms with Crippen LogP contribution >= 0.6 is 12.4 Å². The van der Waals surface area contributed by atoms with Crippen LogP contribution in [0, 0.1) is 0 Å². The van der Waals surface area contributed by atoms with Crippen LogP contribution in [-0.4, -0.2) is 11.7 Å². The van der Waals surface area contributed by atoms with Crippen LogP contribution in [0.15, 0.2) is 24.2 Å². The fraction of sp³-hybridized carbons (Fsp3) is 0.200. The summed E-state index contributed by atoms with van der Waals surface area (Å²) in [5, 5.41) is 8.59. The average Bonchev–Trinajstić information content (AvgIpc) is 1.69. The molecule has 8 heavy (non-hydrogen) atoms. The molecule has 0 saturated carbocycles. The van der Waals surface area contributed by atoms with Gasteiger partial charge in [0.1, 0.15) is 12.4 Å². The topological polar surface area (TPSA) is 29.5 Å². The number of halogens is 1. The molecule has 1 rings (SSSR count). The molecular weight excluding hydrogens is 128 g/mol. The molecule has 1 aliphatic heterocycles. The third kappa shape index (κ3) is 1.89. The van der Waals surface area contributed by atoms with Gasteiger partial charge in [0, 0.05) is 0 Å². The van der Waals surface area contributed by atoms with E-state index in [0.717, 1.165) is 0 Å². The second kappa shape index (κ2) is 3.38. The van der Waals surface area contributed by atoms with E-state index >= 15 is 0 Å². The lowest BCUT2D eigenvalue weighted by Crippen LogP contribution is -1.94. The molecule has 0 saturated heterocycles. The van der Waals surface area contributed by atoms with Crippen LogP contribution in [0.4, 0.5) is 0 Å². The number of ether oxygens (including phenoxy) is 1. The lowest BCUT2D eigenvalue weighted by molar-refractivity contribution is 0.217. The Labute approximate surface area is 53.9 Å². The zero-order valence-corrected chi connectivity index (χ0v) is 5.02. The summed E-state index contributed by atoms with van der Waals surface area (Å²) in [7, 11) is 0. The monoisotopic (exact) mass is 134 g/mol. The number of allylic oxidation sites excluding steroid dienone is 2. The van der Waals surface area contributed by atoms with Crippen molar-refractivity contribution in [2.45, 2.75) is 0 Å². The van der Waals surface area contributed by atoms with E-state index in [1.807, 2.05) is 0 Å². The molecule has 0 aliphatic carbocycles. The third-order valence-corrected chi connectivity index (χ3v) is 0.695. The number of aliphatic hydroxyl groups is 1. The quantitative estimate of drug-likeness (QED) is 0.543. The number of hydrogen-bond acceptors (Lipinski definition) is 2. The first-order valence-corrected chi connectivity index (χ1v) is 2.06. The summed E-state index contributed by atoms with van der Waals surface area (Å²) in [6.07, 6.45) is 4.79. The zero-order valence-electron chi connectivity index (χ0n) is 4.20. The van der Waals surface area contributed by atoms with E-state index in [-0.39, 0.29) is 18.2 Å². The Kier molecular flexibility index (Phi) is 3.12. The van der Waals surface area contributed by atoms with Gasteiger partial charge in [-0.05, 0) is 12.2 Å². The molecule has 0 aromatic heterocycles. The van der Waals surface area contributed by atoms with E-state index in [2.05, 4.69) is 4.74 Å². The van der Waals surface area contributed by atoms with Crippen molar-refractivity contribution in [1.82, 2.24) is 0 Å². The van der Waals surface area contributed by atoms with Crippen molar-refractivity contribution in [3.63, 3.8) is 0 Å². The molecule has 2 nitrogen and oxygen atoms in total. The van der Waals surface area contributed by atoms with Gasteiger partial charge in [-0.15, -0.1) is 12.4 Å². The molecule has 0 bridgehead atoms. The molecule has 0 aromatic rings. The standard InChI is InChI=1S/C5H6O2.ClH/c6-5-2-1-3-7-4-5;/h1-3,6H,4H2;1H. The lowest BCUT2D eigenvalue weighted by Gasteiger charge is -2.01. The second-order valence-electron chi connectivity index (χ2n) is 1.30. The number of rotatable bonds is 0. The smallest absolute Gasteiger partial charge is 0.144 e. The van der Waals surface area contributed by atoms with E-state index < -0.39 is 0 Å². The minimum absolute atomic E-state index is 0. The van der Waals surface area contributed by atoms with Gasteiger partial charge in [-0.1, -0.05) is 0 Å². The highest BCUT2D eigenvalue weighted by Crippen LogP contribution is 1.96. The number of hydrogen-bond donors (Lipinski definition) is 1. The highest BCUT2D eigenvalue weighted by atomic mass is 35.5. The second-order valence-corrected chi connectivity index (χ2v) is 1.30. The largest absolute Gasteiger partial charge is 0.509 e. The summed E-state index contributed by atoms with van der Waals surface area (Å²) in [5.41, 5.74) is 0. The van der Waals surface area contributed by atoms with Gasteiger partial charge in [-0.25, -0.2) is 0 Å². The molecule has 0 radical (unpaired) electrons. The van der Waals surface area contributed by atoms with Crippen molar-refractivity contribution in [3.05, 3.63) is 24.2 Å². The van der Waals surface area contributed by atoms with Crippen molar-refractivity contribution in [2.24, 2.45) is 0 Å². The van der Waals surface area contributed by atoms with E-state index in [9.17, 15) is 0 Å². The summed E-state index contributed by atoms with van der Waals surface area (Å²) < 4.78 is 4.68. The molecule has 3 heteroatoms. The van der Waals surface area contributed by atoms with Gasteiger partial charge in [0.05, 0.1) is 6.26 Å². The van der Waals surface area contributed by atoms with Crippen molar-refractivity contribution in [2.75, 3.05) is 6.61 Å². The highest BCUT2D eigenvalue weighted by Gasteiger charge is 1.91. The number of aliphatic hydroxyl groups excluding tert-OH is 1. The van der Waals surface area contributed by atoms with Crippen LogP contribution in [0.5, 0.6) is 0 Å². The summed E-state index contributed by atoms with van der Waals surface area (Å²) in [5.74, 6) is 0.280. The Hall–Kier alpha value is -0.630. The molecule has 1 heterocycles. The molecule has 0 unspecified atom stereocenters. The molecule has 0 amide bonds. The SMILES string of the molecule is Cl.OC1=CC=COC1. The van der Waals surface area contributed by atoms with Crippen LogP contribution in [0.2, 0.25) is 0 Å². The van der Waals surface area contributed by atoms with Gasteiger partial charge < -0.3 is 9.84 Å². The third-order valence-electron chi connectivity index (χ3n) is 0.695. The first kappa shape index (κ1) is 7.37. The van der Waals surface area contributed by atoms with Gasteiger partial charge in [0.15, 0.2) is 0 Å². The predicted molar refractivity (Wildman–Crippen MR) is 33.1 cm³/mol. The molecule has 0 fully saturated rings. The van der Waals surface area contributed by atoms with E-state index in [4.69, 9.17) is 5.11 Å². The van der Waals surface area contributed by atoms with E-state index in [1.54, 1.807) is 18.4 Å². The van der Waals surface area contributed by atoms with Crippen molar-refractivity contribution < 1.29 is 9.84 Å². The molecular formula is C5H7ClO2. The maximum atomic E-state index is 8.59. The minimum Gasteiger partial charge on any atom is -0.509 e. The Balaban J connectivity index is 0.000000490.